The van der Waals surface area contributed by atoms with Crippen LogP contribution in [0.2, 0.25) is 0 Å². The van der Waals surface area contributed by atoms with Gasteiger partial charge in [0.15, 0.2) is 10.8 Å². The van der Waals surface area contributed by atoms with Crippen LogP contribution < -0.4 is 0 Å². The van der Waals surface area contributed by atoms with E-state index >= 15 is 0 Å². The summed E-state index contributed by atoms with van der Waals surface area (Å²) in [6.07, 6.45) is -0.115. The first-order valence-electron chi connectivity index (χ1n) is 6.80. The molecule has 0 saturated carbocycles. The van der Waals surface area contributed by atoms with Crippen molar-refractivity contribution in [3.63, 3.8) is 0 Å². The van der Waals surface area contributed by atoms with Crippen LogP contribution in [0.3, 0.4) is 0 Å². The summed E-state index contributed by atoms with van der Waals surface area (Å²) >= 11 is 1.19. The summed E-state index contributed by atoms with van der Waals surface area (Å²) in [4.78, 5) is 23.2. The zero-order valence-corrected chi connectivity index (χ0v) is 13.6. The van der Waals surface area contributed by atoms with Crippen LogP contribution in [0.5, 0.6) is 0 Å². The fraction of sp³-hybridized carbons (Fsp3) is 0.250. The van der Waals surface area contributed by atoms with Crippen molar-refractivity contribution < 1.29 is 14.3 Å². The molecule has 0 N–H and O–H groups in total. The third-order valence-corrected chi connectivity index (χ3v) is 3.55. The molecular weight excluding hydrogens is 300 g/mol. The van der Waals surface area contributed by atoms with E-state index in [-0.39, 0.29) is 22.8 Å². The molecule has 2 aromatic rings. The van der Waals surface area contributed by atoms with Crippen molar-refractivity contribution in [2.24, 2.45) is 0 Å². The summed E-state index contributed by atoms with van der Waals surface area (Å²) in [7, 11) is 1.25. The van der Waals surface area contributed by atoms with Crippen LogP contribution in [-0.4, -0.2) is 29.1 Å². The molecule has 0 amide bonds. The number of nitrogens with zero attached hydrogens (tertiary/aromatic N) is 2. The summed E-state index contributed by atoms with van der Waals surface area (Å²) in [5.74, 6) is -0.883. The fourth-order valence-electron chi connectivity index (χ4n) is 1.52. The van der Waals surface area contributed by atoms with E-state index < -0.39 is 5.97 Å². The Labute approximate surface area is 133 Å². The molecule has 1 aromatic heterocycles. The number of carbonyl (C=O) groups is 2. The molecule has 0 radical (unpaired) electrons. The average Bonchev–Trinajstić information content (AvgIpc) is 3.07. The Morgan fingerprint density at radius 1 is 1.18 bits per heavy atom. The number of Topliss-reactive ketones (excluding diaryl/α,β-unsaturated/α-hetero) is 1. The van der Waals surface area contributed by atoms with Crippen molar-refractivity contribution in [1.82, 2.24) is 10.2 Å². The van der Waals surface area contributed by atoms with E-state index in [2.05, 4.69) is 21.5 Å². The van der Waals surface area contributed by atoms with Gasteiger partial charge in [0.25, 0.3) is 0 Å². The Morgan fingerprint density at radius 2 is 1.82 bits per heavy atom. The standard InChI is InChI=1S/C14H12N2O3S.C2H6/c1-9(14(18)19-2)8-11(17)13-16-15-12(20-13)10-6-4-3-5-7-10;1-2/h3-7H,1,8H2,2H3;1-2H3. The molecule has 1 heterocycles. The lowest BCUT2D eigenvalue weighted by atomic mass is 10.1. The summed E-state index contributed by atoms with van der Waals surface area (Å²) in [6, 6.07) is 9.45. The first-order valence-corrected chi connectivity index (χ1v) is 7.61. The maximum absolute atomic E-state index is 12.0. The highest BCUT2D eigenvalue weighted by Gasteiger charge is 2.18. The largest absolute Gasteiger partial charge is 0.466 e. The number of carbonyl (C=O) groups excluding carboxylic acids is 2. The summed E-state index contributed by atoms with van der Waals surface area (Å²) in [6.45, 7) is 7.52. The van der Waals surface area contributed by atoms with Crippen LogP contribution in [0.15, 0.2) is 42.5 Å². The number of aromatic nitrogens is 2. The monoisotopic (exact) mass is 318 g/mol. The highest BCUT2D eigenvalue weighted by atomic mass is 32.1. The predicted molar refractivity (Wildman–Crippen MR) is 86.8 cm³/mol. The van der Waals surface area contributed by atoms with Crippen LogP contribution in [0.1, 0.15) is 30.1 Å². The first kappa shape index (κ1) is 17.7. The molecule has 22 heavy (non-hydrogen) atoms. The Bertz CT molecular complexity index is 650. The molecule has 5 nitrogen and oxygen atoms in total. The van der Waals surface area contributed by atoms with Crippen LogP contribution in [0.4, 0.5) is 0 Å². The van der Waals surface area contributed by atoms with E-state index in [9.17, 15) is 9.59 Å². The number of ether oxygens (including phenoxy) is 1. The smallest absolute Gasteiger partial charge is 0.333 e. The zero-order chi connectivity index (χ0) is 16.5. The molecule has 0 spiro atoms. The summed E-state index contributed by atoms with van der Waals surface area (Å²) in [5.41, 5.74) is 1.00. The molecule has 2 rings (SSSR count). The average molecular weight is 318 g/mol. The molecule has 116 valence electrons. The highest BCUT2D eigenvalue weighted by Crippen LogP contribution is 2.24. The van der Waals surface area contributed by atoms with E-state index in [0.717, 1.165) is 5.56 Å². The van der Waals surface area contributed by atoms with E-state index in [1.54, 1.807) is 0 Å². The highest BCUT2D eigenvalue weighted by molar-refractivity contribution is 7.16. The van der Waals surface area contributed by atoms with E-state index in [1.807, 2.05) is 44.2 Å². The molecule has 0 saturated heterocycles. The van der Waals surface area contributed by atoms with Crippen molar-refractivity contribution in [2.75, 3.05) is 7.11 Å². The molecule has 0 aliphatic carbocycles. The van der Waals surface area contributed by atoms with E-state index in [1.165, 1.54) is 18.4 Å². The van der Waals surface area contributed by atoms with Gasteiger partial charge in [-0.1, -0.05) is 62.1 Å². The quantitative estimate of drug-likeness (QED) is 0.479. The van der Waals surface area contributed by atoms with Gasteiger partial charge in [-0.2, -0.15) is 0 Å². The van der Waals surface area contributed by atoms with Gasteiger partial charge < -0.3 is 4.74 Å². The second-order valence-corrected chi connectivity index (χ2v) is 4.95. The predicted octanol–water partition coefficient (Wildman–Crippen LogP) is 3.53. The SMILES string of the molecule is C=C(CC(=O)c1nnc(-c2ccccc2)s1)C(=O)OC.CC. The Kier molecular flexibility index (Phi) is 7.12. The Morgan fingerprint density at radius 3 is 2.41 bits per heavy atom. The Hall–Kier alpha value is -2.34. The summed E-state index contributed by atoms with van der Waals surface area (Å²) in [5, 5.41) is 8.76. The molecule has 0 atom stereocenters. The number of hydrogen-bond donors (Lipinski definition) is 0. The second-order valence-electron chi connectivity index (χ2n) is 3.97. The fourth-order valence-corrected chi connectivity index (χ4v) is 2.31. The van der Waals surface area contributed by atoms with Crippen molar-refractivity contribution in [3.05, 3.63) is 47.5 Å². The van der Waals surface area contributed by atoms with Crippen LogP contribution >= 0.6 is 11.3 Å². The number of esters is 1. The molecule has 6 heteroatoms. The zero-order valence-electron chi connectivity index (χ0n) is 12.8. The van der Waals surface area contributed by atoms with Crippen molar-refractivity contribution in [3.8, 4) is 10.6 Å². The minimum atomic E-state index is -0.592. The molecular formula is C16H18N2O3S. The Balaban J connectivity index is 0.00000116. The van der Waals surface area contributed by atoms with Gasteiger partial charge in [0.1, 0.15) is 5.01 Å². The lowest BCUT2D eigenvalue weighted by Crippen LogP contribution is -2.09. The number of ketones is 1. The van der Waals surface area contributed by atoms with Gasteiger partial charge in [-0.15, -0.1) is 10.2 Å². The third kappa shape index (κ3) is 4.60. The van der Waals surface area contributed by atoms with E-state index in [0.29, 0.717) is 5.01 Å². The lowest BCUT2D eigenvalue weighted by molar-refractivity contribution is -0.136. The van der Waals surface area contributed by atoms with Gasteiger partial charge >= 0.3 is 5.97 Å². The van der Waals surface area contributed by atoms with E-state index in [4.69, 9.17) is 0 Å². The number of benzene rings is 1. The lowest BCUT2D eigenvalue weighted by Gasteiger charge is -2.00. The minimum absolute atomic E-state index is 0.106. The molecule has 0 fully saturated rings. The van der Waals surface area contributed by atoms with Gasteiger partial charge in [0.2, 0.25) is 0 Å². The van der Waals surface area contributed by atoms with Gasteiger partial charge in [0, 0.05) is 17.6 Å². The van der Waals surface area contributed by atoms with Crippen LogP contribution in [0.25, 0.3) is 10.6 Å². The second kappa shape index (κ2) is 8.84. The molecule has 0 aliphatic heterocycles. The van der Waals surface area contributed by atoms with Gasteiger partial charge in [-0.25, -0.2) is 4.79 Å². The molecule has 0 unspecified atom stereocenters. The third-order valence-electron chi connectivity index (χ3n) is 2.53. The van der Waals surface area contributed by atoms with Gasteiger partial charge in [-0.3, -0.25) is 4.79 Å². The van der Waals surface area contributed by atoms with Crippen molar-refractivity contribution in [2.45, 2.75) is 20.3 Å². The molecule has 0 bridgehead atoms. The molecule has 1 aromatic carbocycles. The van der Waals surface area contributed by atoms with Gasteiger partial charge in [-0.05, 0) is 0 Å². The maximum Gasteiger partial charge on any atom is 0.333 e. The first-order chi connectivity index (χ1) is 10.6. The number of hydrogen-bond acceptors (Lipinski definition) is 6. The van der Waals surface area contributed by atoms with Crippen LogP contribution in [0, 0.1) is 0 Å². The molecule has 0 aliphatic rings. The minimum Gasteiger partial charge on any atom is -0.466 e. The number of methoxy groups -OCH3 is 1. The van der Waals surface area contributed by atoms with Crippen LogP contribution in [-0.2, 0) is 9.53 Å². The van der Waals surface area contributed by atoms with Crippen molar-refractivity contribution >= 4 is 23.1 Å². The maximum atomic E-state index is 12.0. The topological polar surface area (TPSA) is 69.2 Å². The van der Waals surface area contributed by atoms with Gasteiger partial charge in [0.05, 0.1) is 7.11 Å². The summed E-state index contributed by atoms with van der Waals surface area (Å²) < 4.78 is 4.50. The normalized spacial score (nSPS) is 9.41. The number of rotatable bonds is 5. The van der Waals surface area contributed by atoms with Crippen molar-refractivity contribution in [1.29, 1.82) is 0 Å².